The summed E-state index contributed by atoms with van der Waals surface area (Å²) < 4.78 is 18.6. The number of hydrogen-bond donors (Lipinski definition) is 0. The summed E-state index contributed by atoms with van der Waals surface area (Å²) in [5.41, 5.74) is 0.973. The topological polar surface area (TPSA) is 26.3 Å². The molecule has 2 nitrogen and oxygen atoms in total. The van der Waals surface area contributed by atoms with Crippen LogP contribution < -0.4 is 0 Å². The van der Waals surface area contributed by atoms with Crippen LogP contribution in [0.5, 0.6) is 0 Å². The van der Waals surface area contributed by atoms with Gasteiger partial charge in [0.25, 0.3) is 6.72 Å². The fourth-order valence-corrected chi connectivity index (χ4v) is 5.37. The molecule has 0 unspecified atom stereocenters. The first-order chi connectivity index (χ1) is 9.87. The monoisotopic (exact) mass is 328 g/mol. The van der Waals surface area contributed by atoms with Crippen molar-refractivity contribution in [2.75, 3.05) is 0 Å². The molecule has 0 N–H and O–H groups in total. The molecule has 1 saturated carbocycles. The van der Waals surface area contributed by atoms with Crippen LogP contribution in [0.3, 0.4) is 0 Å². The molecule has 4 heteroatoms. The molecule has 0 saturated heterocycles. The minimum atomic E-state index is -3.11. The van der Waals surface area contributed by atoms with E-state index in [9.17, 15) is 4.57 Å². The zero-order valence-corrected chi connectivity index (χ0v) is 14.8. The van der Waals surface area contributed by atoms with E-state index in [4.69, 9.17) is 15.8 Å². The van der Waals surface area contributed by atoms with Gasteiger partial charge in [0.05, 0.1) is 12.3 Å². The van der Waals surface area contributed by atoms with Gasteiger partial charge in [-0.25, -0.2) is 0 Å². The Morgan fingerprint density at radius 2 is 1.95 bits per heavy atom. The molecule has 1 aromatic carbocycles. The van der Waals surface area contributed by atoms with Crippen molar-refractivity contribution in [2.45, 2.75) is 52.3 Å². The van der Waals surface area contributed by atoms with Crippen molar-refractivity contribution in [3.8, 4) is 0 Å². The zero-order chi connectivity index (χ0) is 15.5. The molecule has 2 rings (SSSR count). The summed E-state index contributed by atoms with van der Waals surface area (Å²) in [4.78, 5) is 0. The highest BCUT2D eigenvalue weighted by atomic mass is 35.7. The lowest BCUT2D eigenvalue weighted by molar-refractivity contribution is 0.0506. The van der Waals surface area contributed by atoms with Crippen LogP contribution in [0, 0.1) is 17.8 Å². The third kappa shape index (κ3) is 5.13. The van der Waals surface area contributed by atoms with Gasteiger partial charge in [-0.05, 0) is 47.4 Å². The van der Waals surface area contributed by atoms with Crippen LogP contribution in [0.25, 0.3) is 0 Å². The van der Waals surface area contributed by atoms with E-state index >= 15 is 0 Å². The van der Waals surface area contributed by atoms with Crippen LogP contribution >= 0.6 is 18.0 Å². The van der Waals surface area contributed by atoms with Gasteiger partial charge in [0.1, 0.15) is 0 Å². The average molecular weight is 329 g/mol. The van der Waals surface area contributed by atoms with E-state index in [1.165, 1.54) is 6.42 Å². The van der Waals surface area contributed by atoms with Gasteiger partial charge in [-0.1, -0.05) is 57.5 Å². The molecule has 0 bridgehead atoms. The molecule has 0 aromatic heterocycles. The smallest absolute Gasteiger partial charge is 0.294 e. The van der Waals surface area contributed by atoms with Crippen molar-refractivity contribution in [2.24, 2.45) is 17.8 Å². The second kappa shape index (κ2) is 7.31. The number of benzene rings is 1. The lowest BCUT2D eigenvalue weighted by atomic mass is 9.75. The van der Waals surface area contributed by atoms with Gasteiger partial charge in [0.2, 0.25) is 0 Å². The summed E-state index contributed by atoms with van der Waals surface area (Å²) in [7, 11) is 0. The van der Waals surface area contributed by atoms with Crippen LogP contribution in [-0.4, -0.2) is 6.10 Å². The Hall–Kier alpha value is -0.300. The average Bonchev–Trinajstić information content (AvgIpc) is 2.38. The van der Waals surface area contributed by atoms with Gasteiger partial charge in [-0.15, -0.1) is 0 Å². The van der Waals surface area contributed by atoms with Crippen LogP contribution in [-0.2, 0) is 15.3 Å². The maximum atomic E-state index is 12.7. The molecule has 4 atom stereocenters. The van der Waals surface area contributed by atoms with Crippen molar-refractivity contribution >= 4 is 18.0 Å². The van der Waals surface area contributed by atoms with Crippen molar-refractivity contribution in [3.63, 3.8) is 0 Å². The van der Waals surface area contributed by atoms with E-state index in [1.54, 1.807) is 0 Å². The van der Waals surface area contributed by atoms with Crippen LogP contribution in [0.15, 0.2) is 30.3 Å². The summed E-state index contributed by atoms with van der Waals surface area (Å²) in [6.07, 6.45) is 3.68. The first-order valence-corrected chi connectivity index (χ1v) is 10.6. The van der Waals surface area contributed by atoms with Crippen LogP contribution in [0.2, 0.25) is 0 Å². The molecule has 21 heavy (non-hydrogen) atoms. The van der Waals surface area contributed by atoms with E-state index in [-0.39, 0.29) is 6.10 Å². The van der Waals surface area contributed by atoms with Gasteiger partial charge < -0.3 is 4.52 Å². The molecule has 1 aliphatic rings. The van der Waals surface area contributed by atoms with Crippen molar-refractivity contribution in [1.29, 1.82) is 0 Å². The summed E-state index contributed by atoms with van der Waals surface area (Å²) in [5.74, 6) is 1.62. The van der Waals surface area contributed by atoms with Crippen molar-refractivity contribution in [1.82, 2.24) is 0 Å². The molecule has 0 radical (unpaired) electrons. The zero-order valence-electron chi connectivity index (χ0n) is 13.2. The highest BCUT2D eigenvalue weighted by Crippen LogP contribution is 2.58. The Morgan fingerprint density at radius 3 is 2.57 bits per heavy atom. The van der Waals surface area contributed by atoms with Gasteiger partial charge in [0.15, 0.2) is 0 Å². The summed E-state index contributed by atoms with van der Waals surface area (Å²) in [5, 5.41) is 0. The lowest BCUT2D eigenvalue weighted by Crippen LogP contribution is -2.33. The van der Waals surface area contributed by atoms with Gasteiger partial charge in [-0.3, -0.25) is 4.57 Å². The molecule has 0 aliphatic heterocycles. The maximum absolute atomic E-state index is 12.7. The molecule has 0 amide bonds. The molecule has 0 heterocycles. The number of halogens is 1. The van der Waals surface area contributed by atoms with Crippen molar-refractivity contribution in [3.05, 3.63) is 35.9 Å². The number of hydrogen-bond acceptors (Lipinski definition) is 2. The second-order valence-electron chi connectivity index (χ2n) is 6.70. The number of rotatable bonds is 5. The summed E-state index contributed by atoms with van der Waals surface area (Å²) in [6.45, 7) is 3.56. The second-order valence-corrected chi connectivity index (χ2v) is 9.96. The predicted molar refractivity (Wildman–Crippen MR) is 89.8 cm³/mol. The third-order valence-electron chi connectivity index (χ3n) is 4.47. The van der Waals surface area contributed by atoms with Gasteiger partial charge >= 0.3 is 0 Å². The summed E-state index contributed by atoms with van der Waals surface area (Å²) >= 11 is 6.26. The summed E-state index contributed by atoms with van der Waals surface area (Å²) in [6, 6.07) is 9.71. The molecule has 118 valence electrons. The van der Waals surface area contributed by atoms with E-state index < -0.39 is 6.72 Å². The Balaban J connectivity index is 2.04. The van der Waals surface area contributed by atoms with E-state index in [0.29, 0.717) is 23.9 Å². The molecule has 1 fully saturated rings. The predicted octanol–water partition coefficient (Wildman–Crippen LogP) is 6.10. The minimum absolute atomic E-state index is 0.0285. The highest BCUT2D eigenvalue weighted by molar-refractivity contribution is 7.84. The van der Waals surface area contributed by atoms with Crippen LogP contribution in [0.4, 0.5) is 0 Å². The Kier molecular flexibility index (Phi) is 5.94. The van der Waals surface area contributed by atoms with Crippen molar-refractivity contribution < 1.29 is 9.09 Å². The first kappa shape index (κ1) is 17.1. The van der Waals surface area contributed by atoms with E-state index in [0.717, 1.165) is 18.4 Å². The minimum Gasteiger partial charge on any atom is -0.314 e. The standard InChI is InChI=1S/C17H26ClO2P/c1-13(2)16-10-9-14(3)11-17(16)20-21(18,19)12-15-7-5-4-6-8-15/h4-8,13-14,16-17H,9-12H2,1-3H3/t14-,16+,17-,21+/m1/s1. The highest BCUT2D eigenvalue weighted by Gasteiger charge is 2.36. The quantitative estimate of drug-likeness (QED) is 0.611. The SMILES string of the molecule is CC(C)[C@@H]1CC[C@@H](C)C[C@H]1O[P@](=O)(Cl)Cc1ccccc1. The Morgan fingerprint density at radius 1 is 1.29 bits per heavy atom. The van der Waals surface area contributed by atoms with Gasteiger partial charge in [-0.2, -0.15) is 0 Å². The fraction of sp³-hybridized carbons (Fsp3) is 0.647. The van der Waals surface area contributed by atoms with Gasteiger partial charge in [0, 0.05) is 0 Å². The first-order valence-electron chi connectivity index (χ1n) is 7.88. The molecule has 1 aromatic rings. The third-order valence-corrected chi connectivity index (χ3v) is 6.39. The Bertz CT molecular complexity index is 489. The molecule has 0 spiro atoms. The maximum Gasteiger partial charge on any atom is 0.294 e. The largest absolute Gasteiger partial charge is 0.314 e. The molecule has 1 aliphatic carbocycles. The Labute approximate surface area is 133 Å². The van der Waals surface area contributed by atoms with E-state index in [1.807, 2.05) is 30.3 Å². The lowest BCUT2D eigenvalue weighted by Gasteiger charge is -2.37. The normalized spacial score (nSPS) is 29.3. The molecular weight excluding hydrogens is 303 g/mol. The van der Waals surface area contributed by atoms with E-state index in [2.05, 4.69) is 20.8 Å². The van der Waals surface area contributed by atoms with Crippen LogP contribution in [0.1, 0.15) is 45.6 Å². The fourth-order valence-electron chi connectivity index (χ4n) is 3.28. The molecular formula is C17H26ClO2P.